The molecule has 2 amide bonds. The first-order chi connectivity index (χ1) is 14.0. The van der Waals surface area contributed by atoms with E-state index < -0.39 is 6.04 Å². The summed E-state index contributed by atoms with van der Waals surface area (Å²) in [4.78, 5) is 28.8. The van der Waals surface area contributed by atoms with Crippen molar-refractivity contribution in [3.63, 3.8) is 0 Å². The summed E-state index contributed by atoms with van der Waals surface area (Å²) in [5.74, 6) is 0.568. The van der Waals surface area contributed by atoms with E-state index >= 15 is 0 Å². The van der Waals surface area contributed by atoms with Gasteiger partial charge in [-0.15, -0.1) is 0 Å². The van der Waals surface area contributed by atoms with Crippen molar-refractivity contribution in [2.75, 3.05) is 6.79 Å². The Labute approximate surface area is 168 Å². The molecule has 7 nitrogen and oxygen atoms in total. The van der Waals surface area contributed by atoms with Crippen molar-refractivity contribution >= 4 is 22.7 Å². The Morgan fingerprint density at radius 2 is 1.86 bits per heavy atom. The fourth-order valence-electron chi connectivity index (χ4n) is 3.39. The van der Waals surface area contributed by atoms with Crippen LogP contribution >= 0.6 is 0 Å². The summed E-state index contributed by atoms with van der Waals surface area (Å²) in [5, 5.41) is 6.80. The molecule has 150 valence electrons. The average molecular weight is 393 g/mol. The van der Waals surface area contributed by atoms with Crippen LogP contribution in [0.1, 0.15) is 29.8 Å². The third-order valence-electron chi connectivity index (χ3n) is 4.79. The molecule has 0 radical (unpaired) electrons. The number of carbonyl (C=O) groups excluding carboxylic acids is 2. The number of nitrogens with one attached hydrogen (secondary N) is 3. The Morgan fingerprint density at radius 3 is 2.69 bits per heavy atom. The van der Waals surface area contributed by atoms with Crippen molar-refractivity contribution in [3.8, 4) is 11.5 Å². The quantitative estimate of drug-likeness (QED) is 0.600. The highest BCUT2D eigenvalue weighted by atomic mass is 16.7. The number of benzene rings is 2. The second kappa shape index (κ2) is 7.87. The smallest absolute Gasteiger partial charge is 0.252 e. The summed E-state index contributed by atoms with van der Waals surface area (Å²) in [7, 11) is 0. The van der Waals surface area contributed by atoms with Crippen molar-refractivity contribution in [3.05, 3.63) is 59.8 Å². The summed E-state index contributed by atoms with van der Waals surface area (Å²) < 4.78 is 10.6. The minimum absolute atomic E-state index is 0.0320. The van der Waals surface area contributed by atoms with Gasteiger partial charge < -0.3 is 25.1 Å². The second-order valence-electron chi connectivity index (χ2n) is 7.32. The first-order valence-electron chi connectivity index (χ1n) is 9.57. The molecule has 3 N–H and O–H groups in total. The molecule has 1 aliphatic heterocycles. The Kier molecular flexibility index (Phi) is 5.12. The van der Waals surface area contributed by atoms with Crippen LogP contribution < -0.4 is 20.1 Å². The summed E-state index contributed by atoms with van der Waals surface area (Å²) in [6.45, 7) is 3.92. The normalized spacial score (nSPS) is 13.5. The van der Waals surface area contributed by atoms with Gasteiger partial charge in [-0.1, -0.05) is 18.2 Å². The van der Waals surface area contributed by atoms with E-state index in [0.717, 1.165) is 16.5 Å². The van der Waals surface area contributed by atoms with Crippen LogP contribution in [0.3, 0.4) is 0 Å². The maximum absolute atomic E-state index is 12.8. The molecule has 0 saturated heterocycles. The molecule has 0 spiro atoms. The zero-order valence-corrected chi connectivity index (χ0v) is 16.3. The topological polar surface area (TPSA) is 92.5 Å². The lowest BCUT2D eigenvalue weighted by atomic mass is 10.0. The molecule has 3 aromatic rings. The second-order valence-corrected chi connectivity index (χ2v) is 7.32. The van der Waals surface area contributed by atoms with Gasteiger partial charge in [-0.2, -0.15) is 0 Å². The van der Waals surface area contributed by atoms with E-state index in [1.54, 1.807) is 18.2 Å². The molecule has 0 bridgehead atoms. The van der Waals surface area contributed by atoms with Gasteiger partial charge in [-0.25, -0.2) is 0 Å². The third-order valence-corrected chi connectivity index (χ3v) is 4.79. The Bertz CT molecular complexity index is 1060. The highest BCUT2D eigenvalue weighted by molar-refractivity contribution is 5.98. The molecule has 1 aromatic heterocycles. The van der Waals surface area contributed by atoms with E-state index in [9.17, 15) is 9.59 Å². The lowest BCUT2D eigenvalue weighted by Crippen LogP contribution is -2.49. The van der Waals surface area contributed by atoms with E-state index in [0.29, 0.717) is 23.5 Å². The number of rotatable bonds is 6. The standard InChI is InChI=1S/C22H23N3O4/c1-13(2)24-22(27)18(9-15-11-23-17-6-4-3-5-16(15)17)25-21(26)14-7-8-19-20(10-14)29-12-28-19/h3-8,10-11,13,18,23H,9,12H2,1-2H3,(H,24,27)(H,25,26)/t18-/m0/s1. The van der Waals surface area contributed by atoms with Crippen molar-refractivity contribution in [2.45, 2.75) is 32.4 Å². The molecule has 0 saturated carbocycles. The van der Waals surface area contributed by atoms with Crippen LogP contribution in [0.4, 0.5) is 0 Å². The number of ether oxygens (including phenoxy) is 2. The van der Waals surface area contributed by atoms with Gasteiger partial charge in [-0.3, -0.25) is 9.59 Å². The zero-order valence-electron chi connectivity index (χ0n) is 16.3. The van der Waals surface area contributed by atoms with Gasteiger partial charge in [0.1, 0.15) is 6.04 Å². The lowest BCUT2D eigenvalue weighted by molar-refractivity contribution is -0.123. The van der Waals surface area contributed by atoms with Crippen LogP contribution in [0.25, 0.3) is 10.9 Å². The Hall–Kier alpha value is -3.48. The number of hydrogen-bond acceptors (Lipinski definition) is 4. The van der Waals surface area contributed by atoms with E-state index in [4.69, 9.17) is 9.47 Å². The minimum atomic E-state index is -0.713. The van der Waals surface area contributed by atoms with Gasteiger partial charge in [0.15, 0.2) is 11.5 Å². The van der Waals surface area contributed by atoms with Crippen molar-refractivity contribution in [1.82, 2.24) is 15.6 Å². The largest absolute Gasteiger partial charge is 0.454 e. The molecule has 2 heterocycles. The fourth-order valence-corrected chi connectivity index (χ4v) is 3.39. The highest BCUT2D eigenvalue weighted by Crippen LogP contribution is 2.32. The average Bonchev–Trinajstić information content (AvgIpc) is 3.33. The predicted octanol–water partition coefficient (Wildman–Crippen LogP) is 2.76. The van der Waals surface area contributed by atoms with Crippen LogP contribution in [0.15, 0.2) is 48.7 Å². The summed E-state index contributed by atoms with van der Waals surface area (Å²) in [6.07, 6.45) is 2.26. The predicted molar refractivity (Wildman–Crippen MR) is 109 cm³/mol. The molecule has 1 atom stereocenters. The van der Waals surface area contributed by atoms with Crippen LogP contribution in [0, 0.1) is 0 Å². The molecule has 0 fully saturated rings. The fraction of sp³-hybridized carbons (Fsp3) is 0.273. The van der Waals surface area contributed by atoms with Gasteiger partial charge in [0.25, 0.3) is 5.91 Å². The van der Waals surface area contributed by atoms with E-state index in [1.165, 1.54) is 0 Å². The van der Waals surface area contributed by atoms with Gasteiger partial charge in [0, 0.05) is 35.1 Å². The Balaban J connectivity index is 1.57. The Morgan fingerprint density at radius 1 is 1.07 bits per heavy atom. The molecule has 0 aliphatic carbocycles. The number of fused-ring (bicyclic) bond motifs is 2. The highest BCUT2D eigenvalue weighted by Gasteiger charge is 2.25. The summed E-state index contributed by atoms with van der Waals surface area (Å²) >= 11 is 0. The number of H-pyrrole nitrogens is 1. The molecule has 29 heavy (non-hydrogen) atoms. The molecule has 2 aromatic carbocycles. The van der Waals surface area contributed by atoms with E-state index in [1.807, 2.05) is 44.3 Å². The van der Waals surface area contributed by atoms with Crippen LogP contribution in [0.2, 0.25) is 0 Å². The number of carbonyl (C=O) groups is 2. The monoisotopic (exact) mass is 393 g/mol. The van der Waals surface area contributed by atoms with Crippen LogP contribution in [0.5, 0.6) is 11.5 Å². The molecule has 0 unspecified atom stereocenters. The number of amides is 2. The van der Waals surface area contributed by atoms with Crippen molar-refractivity contribution in [1.29, 1.82) is 0 Å². The van der Waals surface area contributed by atoms with Crippen LogP contribution in [-0.4, -0.2) is 35.7 Å². The molecular weight excluding hydrogens is 370 g/mol. The van der Waals surface area contributed by atoms with Gasteiger partial charge in [0.2, 0.25) is 12.7 Å². The summed E-state index contributed by atoms with van der Waals surface area (Å²) in [5.41, 5.74) is 2.37. The van der Waals surface area contributed by atoms with E-state index in [-0.39, 0.29) is 24.6 Å². The number of para-hydroxylation sites is 1. The zero-order chi connectivity index (χ0) is 20.4. The molecule has 7 heteroatoms. The SMILES string of the molecule is CC(C)NC(=O)[C@H](Cc1c[nH]c2ccccc12)NC(=O)c1ccc2c(c1)OCO2. The van der Waals surface area contributed by atoms with Crippen LogP contribution in [-0.2, 0) is 11.2 Å². The van der Waals surface area contributed by atoms with Gasteiger partial charge in [0.05, 0.1) is 0 Å². The van der Waals surface area contributed by atoms with Crippen molar-refractivity contribution in [2.24, 2.45) is 0 Å². The first kappa shape index (κ1) is 18.9. The van der Waals surface area contributed by atoms with Crippen molar-refractivity contribution < 1.29 is 19.1 Å². The number of aromatic amines is 1. The first-order valence-corrected chi connectivity index (χ1v) is 9.57. The molecule has 1 aliphatic rings. The van der Waals surface area contributed by atoms with Gasteiger partial charge in [-0.05, 0) is 43.7 Å². The van der Waals surface area contributed by atoms with E-state index in [2.05, 4.69) is 15.6 Å². The molecule has 4 rings (SSSR count). The maximum Gasteiger partial charge on any atom is 0.252 e. The lowest BCUT2D eigenvalue weighted by Gasteiger charge is -2.20. The minimum Gasteiger partial charge on any atom is -0.454 e. The number of aromatic nitrogens is 1. The third kappa shape index (κ3) is 4.03. The summed E-state index contributed by atoms with van der Waals surface area (Å²) in [6, 6.07) is 12.1. The maximum atomic E-state index is 12.8. The number of hydrogen-bond donors (Lipinski definition) is 3. The van der Waals surface area contributed by atoms with Gasteiger partial charge >= 0.3 is 0 Å². The molecular formula is C22H23N3O4.